The fourth-order valence-corrected chi connectivity index (χ4v) is 2.51. The molecule has 1 aromatic carbocycles. The van der Waals surface area contributed by atoms with Crippen LogP contribution in [0.15, 0.2) is 18.2 Å². The zero-order chi connectivity index (χ0) is 14.4. The van der Waals surface area contributed by atoms with Crippen LogP contribution in [0.2, 0.25) is 0 Å². The van der Waals surface area contributed by atoms with Gasteiger partial charge in [0.2, 0.25) is 0 Å². The molecule has 1 fully saturated rings. The largest absolute Gasteiger partial charge is 0.493 e. The molecule has 112 valence electrons. The summed E-state index contributed by atoms with van der Waals surface area (Å²) in [5.74, 6) is 1.66. The van der Waals surface area contributed by atoms with Crippen LogP contribution in [0.3, 0.4) is 0 Å². The average Bonchev–Trinajstić information content (AvgIpc) is 2.49. The Bertz CT molecular complexity index is 415. The number of aryl methyl sites for hydroxylation is 1. The molecule has 0 unspecified atom stereocenters. The number of ether oxygens (including phenoxy) is 2. The molecule has 20 heavy (non-hydrogen) atoms. The third-order valence-electron chi connectivity index (χ3n) is 3.90. The van der Waals surface area contributed by atoms with Crippen molar-refractivity contribution >= 4 is 0 Å². The molecule has 0 saturated carbocycles. The first-order chi connectivity index (χ1) is 9.72. The first kappa shape index (κ1) is 15.1. The van der Waals surface area contributed by atoms with Crippen LogP contribution in [0.25, 0.3) is 0 Å². The van der Waals surface area contributed by atoms with E-state index in [-0.39, 0.29) is 0 Å². The lowest BCUT2D eigenvalue weighted by Crippen LogP contribution is -2.47. The van der Waals surface area contributed by atoms with Crippen molar-refractivity contribution in [3.63, 3.8) is 0 Å². The van der Waals surface area contributed by atoms with Crippen molar-refractivity contribution in [2.45, 2.75) is 13.8 Å². The molecule has 0 atom stereocenters. The molecule has 1 aromatic rings. The van der Waals surface area contributed by atoms with E-state index < -0.39 is 0 Å². The van der Waals surface area contributed by atoms with Gasteiger partial charge in [-0.1, -0.05) is 13.0 Å². The highest BCUT2D eigenvalue weighted by atomic mass is 16.5. The third-order valence-corrected chi connectivity index (χ3v) is 3.90. The summed E-state index contributed by atoms with van der Waals surface area (Å²) < 4.78 is 11.2. The van der Waals surface area contributed by atoms with Crippen LogP contribution in [-0.4, -0.2) is 62.8 Å². The number of nitrogens with zero attached hydrogens (tertiary/aromatic N) is 2. The summed E-state index contributed by atoms with van der Waals surface area (Å²) in [6.45, 7) is 11.8. The zero-order valence-corrected chi connectivity index (χ0v) is 12.9. The quantitative estimate of drug-likeness (QED) is 0.795. The molecule has 0 spiro atoms. The molecule has 0 aromatic heterocycles. The maximum absolute atomic E-state index is 5.86. The van der Waals surface area contributed by atoms with Crippen molar-refractivity contribution < 1.29 is 9.47 Å². The second kappa shape index (κ2) is 7.50. The van der Waals surface area contributed by atoms with E-state index >= 15 is 0 Å². The minimum atomic E-state index is 0.714. The van der Waals surface area contributed by atoms with Crippen molar-refractivity contribution in [1.82, 2.24) is 9.80 Å². The number of hydrogen-bond donors (Lipinski definition) is 0. The van der Waals surface area contributed by atoms with Gasteiger partial charge in [0.05, 0.1) is 7.11 Å². The van der Waals surface area contributed by atoms with Crippen LogP contribution in [0, 0.1) is 6.92 Å². The number of hydrogen-bond acceptors (Lipinski definition) is 4. The van der Waals surface area contributed by atoms with Gasteiger partial charge in [0, 0.05) is 32.7 Å². The first-order valence-electron chi connectivity index (χ1n) is 7.45. The Labute approximate surface area is 122 Å². The van der Waals surface area contributed by atoms with E-state index in [0.29, 0.717) is 6.61 Å². The highest BCUT2D eigenvalue weighted by Gasteiger charge is 2.15. The van der Waals surface area contributed by atoms with Gasteiger partial charge in [0.25, 0.3) is 0 Å². The molecule has 1 aliphatic rings. The van der Waals surface area contributed by atoms with E-state index in [4.69, 9.17) is 9.47 Å². The summed E-state index contributed by atoms with van der Waals surface area (Å²) in [7, 11) is 1.69. The molecule has 1 saturated heterocycles. The molecule has 4 heteroatoms. The molecule has 2 rings (SSSR count). The summed E-state index contributed by atoms with van der Waals surface area (Å²) in [4.78, 5) is 4.95. The van der Waals surface area contributed by atoms with Crippen molar-refractivity contribution in [3.8, 4) is 11.5 Å². The van der Waals surface area contributed by atoms with Gasteiger partial charge in [-0.05, 0) is 31.2 Å². The molecule has 1 heterocycles. The van der Waals surface area contributed by atoms with Gasteiger partial charge in [0.15, 0.2) is 11.5 Å². The smallest absolute Gasteiger partial charge is 0.161 e. The van der Waals surface area contributed by atoms with Crippen molar-refractivity contribution in [2.75, 3.05) is 53.0 Å². The van der Waals surface area contributed by atoms with E-state index in [1.165, 1.54) is 18.7 Å². The Balaban J connectivity index is 1.76. The highest BCUT2D eigenvalue weighted by molar-refractivity contribution is 5.42. The molecule has 0 aliphatic carbocycles. The van der Waals surface area contributed by atoms with E-state index in [0.717, 1.165) is 37.7 Å². The fourth-order valence-electron chi connectivity index (χ4n) is 2.51. The molecule has 1 aliphatic heterocycles. The summed E-state index contributed by atoms with van der Waals surface area (Å²) >= 11 is 0. The van der Waals surface area contributed by atoms with Crippen LogP contribution in [0.4, 0.5) is 0 Å². The Morgan fingerprint density at radius 3 is 2.40 bits per heavy atom. The second-order valence-electron chi connectivity index (χ2n) is 5.28. The molecule has 0 N–H and O–H groups in total. The Morgan fingerprint density at radius 2 is 1.75 bits per heavy atom. The average molecular weight is 278 g/mol. The van der Waals surface area contributed by atoms with Gasteiger partial charge in [-0.2, -0.15) is 0 Å². The molecule has 0 bridgehead atoms. The zero-order valence-electron chi connectivity index (χ0n) is 12.9. The van der Waals surface area contributed by atoms with E-state index in [1.54, 1.807) is 7.11 Å². The standard InChI is InChI=1S/C16H26N2O2/c1-4-17-7-9-18(10-8-17)11-12-20-15-6-5-14(2)13-16(15)19-3/h5-6,13H,4,7-12H2,1-3H3. The number of rotatable bonds is 6. The Morgan fingerprint density at radius 1 is 1.05 bits per heavy atom. The molecule has 0 amide bonds. The predicted octanol–water partition coefficient (Wildman–Crippen LogP) is 2.02. The molecular formula is C16H26N2O2. The second-order valence-corrected chi connectivity index (χ2v) is 5.28. The van der Waals surface area contributed by atoms with Crippen LogP contribution in [0.5, 0.6) is 11.5 Å². The minimum Gasteiger partial charge on any atom is -0.493 e. The number of methoxy groups -OCH3 is 1. The summed E-state index contributed by atoms with van der Waals surface area (Å²) in [5.41, 5.74) is 1.19. The normalized spacial score (nSPS) is 17.1. The Hall–Kier alpha value is -1.26. The number of piperazine rings is 1. The molecule has 4 nitrogen and oxygen atoms in total. The predicted molar refractivity (Wildman–Crippen MR) is 81.8 cm³/mol. The maximum atomic E-state index is 5.86. The lowest BCUT2D eigenvalue weighted by molar-refractivity contribution is 0.120. The summed E-state index contributed by atoms with van der Waals surface area (Å²) in [6, 6.07) is 6.05. The van der Waals surface area contributed by atoms with Gasteiger partial charge in [0.1, 0.15) is 6.61 Å². The third kappa shape index (κ3) is 4.12. The maximum Gasteiger partial charge on any atom is 0.161 e. The lowest BCUT2D eigenvalue weighted by atomic mass is 10.2. The van der Waals surface area contributed by atoms with E-state index in [9.17, 15) is 0 Å². The minimum absolute atomic E-state index is 0.714. The highest BCUT2D eigenvalue weighted by Crippen LogP contribution is 2.27. The first-order valence-corrected chi connectivity index (χ1v) is 7.45. The van der Waals surface area contributed by atoms with Crippen molar-refractivity contribution in [2.24, 2.45) is 0 Å². The van der Waals surface area contributed by atoms with E-state index in [1.807, 2.05) is 12.1 Å². The number of benzene rings is 1. The van der Waals surface area contributed by atoms with Crippen LogP contribution >= 0.6 is 0 Å². The van der Waals surface area contributed by atoms with Crippen LogP contribution in [-0.2, 0) is 0 Å². The summed E-state index contributed by atoms with van der Waals surface area (Å²) in [5, 5.41) is 0. The van der Waals surface area contributed by atoms with Crippen molar-refractivity contribution in [1.29, 1.82) is 0 Å². The number of likely N-dealkylation sites (N-methyl/N-ethyl adjacent to an activating group) is 1. The van der Waals surface area contributed by atoms with E-state index in [2.05, 4.69) is 29.7 Å². The van der Waals surface area contributed by atoms with Gasteiger partial charge in [-0.3, -0.25) is 4.90 Å². The van der Waals surface area contributed by atoms with Gasteiger partial charge in [-0.15, -0.1) is 0 Å². The topological polar surface area (TPSA) is 24.9 Å². The van der Waals surface area contributed by atoms with Crippen molar-refractivity contribution in [3.05, 3.63) is 23.8 Å². The van der Waals surface area contributed by atoms with Crippen LogP contribution in [0.1, 0.15) is 12.5 Å². The fraction of sp³-hybridized carbons (Fsp3) is 0.625. The lowest BCUT2D eigenvalue weighted by Gasteiger charge is -2.33. The van der Waals surface area contributed by atoms with Gasteiger partial charge >= 0.3 is 0 Å². The van der Waals surface area contributed by atoms with Gasteiger partial charge in [-0.25, -0.2) is 0 Å². The monoisotopic (exact) mass is 278 g/mol. The SMILES string of the molecule is CCN1CCN(CCOc2ccc(C)cc2OC)CC1. The van der Waals surface area contributed by atoms with Gasteiger partial charge < -0.3 is 14.4 Å². The Kier molecular flexibility index (Phi) is 5.68. The molecule has 0 radical (unpaired) electrons. The summed E-state index contributed by atoms with van der Waals surface area (Å²) in [6.07, 6.45) is 0. The van der Waals surface area contributed by atoms with Crippen LogP contribution < -0.4 is 9.47 Å². The molecular weight excluding hydrogens is 252 g/mol.